The van der Waals surface area contributed by atoms with Crippen LogP contribution < -0.4 is 14.8 Å². The Labute approximate surface area is 160 Å². The summed E-state index contributed by atoms with van der Waals surface area (Å²) in [6.07, 6.45) is 1.55. The Morgan fingerprint density at radius 2 is 1.96 bits per heavy atom. The molecule has 1 N–H and O–H groups in total. The number of ether oxygens (including phenoxy) is 2. The Morgan fingerprint density at radius 3 is 2.68 bits per heavy atom. The number of nitrogens with one attached hydrogen (secondary N) is 1. The molecule has 0 aliphatic carbocycles. The number of benzene rings is 2. The molecule has 0 fully saturated rings. The molecule has 1 aromatic heterocycles. The summed E-state index contributed by atoms with van der Waals surface area (Å²) < 4.78 is 12.3. The third-order valence-electron chi connectivity index (χ3n) is 4.08. The second-order valence-corrected chi connectivity index (χ2v) is 5.79. The molecule has 0 aliphatic rings. The molecule has 1 heterocycles. The van der Waals surface area contributed by atoms with Gasteiger partial charge >= 0.3 is 0 Å². The van der Waals surface area contributed by atoms with E-state index in [1.807, 2.05) is 12.1 Å². The van der Waals surface area contributed by atoms with E-state index in [1.54, 1.807) is 37.2 Å². The first-order valence-electron chi connectivity index (χ1n) is 8.31. The summed E-state index contributed by atoms with van der Waals surface area (Å²) in [5.41, 5.74) is 0.847. The number of nitro groups is 1. The van der Waals surface area contributed by atoms with Gasteiger partial charge in [-0.1, -0.05) is 18.2 Å². The normalized spacial score (nSPS) is 10.4. The maximum absolute atomic E-state index is 12.5. The van der Waals surface area contributed by atoms with Crippen molar-refractivity contribution in [1.29, 1.82) is 0 Å². The van der Waals surface area contributed by atoms with Crippen molar-refractivity contribution < 1.29 is 19.2 Å². The lowest BCUT2D eigenvalue weighted by molar-refractivity contribution is -0.384. The van der Waals surface area contributed by atoms with E-state index in [0.717, 1.165) is 5.56 Å². The maximum atomic E-state index is 12.5. The molecule has 3 rings (SSSR count). The van der Waals surface area contributed by atoms with Crippen LogP contribution in [-0.4, -0.2) is 34.8 Å². The third kappa shape index (κ3) is 3.93. The SMILES string of the molecule is COc1cccc(Cn2nccc2NC(=O)c2cccc([N+](=O)[O-])c2)c1OC. The zero-order valence-corrected chi connectivity index (χ0v) is 15.3. The number of carbonyl (C=O) groups excluding carboxylic acids is 1. The van der Waals surface area contributed by atoms with Crippen LogP contribution in [0.5, 0.6) is 11.5 Å². The Bertz CT molecular complexity index is 1020. The lowest BCUT2D eigenvalue weighted by Gasteiger charge is -2.14. The van der Waals surface area contributed by atoms with Gasteiger partial charge in [-0.2, -0.15) is 5.10 Å². The number of non-ortho nitro benzene ring substituents is 1. The predicted molar refractivity (Wildman–Crippen MR) is 102 cm³/mol. The summed E-state index contributed by atoms with van der Waals surface area (Å²) >= 11 is 0. The van der Waals surface area contributed by atoms with Gasteiger partial charge in [-0.25, -0.2) is 4.68 Å². The molecule has 144 valence electrons. The highest BCUT2D eigenvalue weighted by molar-refractivity contribution is 6.04. The minimum Gasteiger partial charge on any atom is -0.493 e. The van der Waals surface area contributed by atoms with E-state index in [-0.39, 0.29) is 11.3 Å². The largest absolute Gasteiger partial charge is 0.493 e. The Balaban J connectivity index is 1.82. The van der Waals surface area contributed by atoms with Crippen molar-refractivity contribution in [3.05, 3.63) is 76.0 Å². The molecule has 0 atom stereocenters. The summed E-state index contributed by atoms with van der Waals surface area (Å²) in [7, 11) is 3.11. The van der Waals surface area contributed by atoms with Gasteiger partial charge in [0.15, 0.2) is 11.5 Å². The molecule has 0 spiro atoms. The zero-order valence-electron chi connectivity index (χ0n) is 15.3. The lowest BCUT2D eigenvalue weighted by Crippen LogP contribution is -2.16. The second kappa shape index (κ2) is 8.21. The van der Waals surface area contributed by atoms with E-state index in [4.69, 9.17) is 9.47 Å². The van der Waals surface area contributed by atoms with Gasteiger partial charge < -0.3 is 14.8 Å². The van der Waals surface area contributed by atoms with E-state index < -0.39 is 10.8 Å². The van der Waals surface area contributed by atoms with Crippen LogP contribution in [0, 0.1) is 10.1 Å². The van der Waals surface area contributed by atoms with Crippen LogP contribution in [-0.2, 0) is 6.54 Å². The van der Waals surface area contributed by atoms with Crippen molar-refractivity contribution in [2.24, 2.45) is 0 Å². The molecule has 0 aliphatic heterocycles. The number of methoxy groups -OCH3 is 2. The Morgan fingerprint density at radius 1 is 1.18 bits per heavy atom. The minimum atomic E-state index is -0.546. The summed E-state index contributed by atoms with van der Waals surface area (Å²) in [4.78, 5) is 22.9. The van der Waals surface area contributed by atoms with Crippen LogP contribution in [0.1, 0.15) is 15.9 Å². The molecule has 0 unspecified atom stereocenters. The van der Waals surface area contributed by atoms with Gasteiger partial charge in [-0.15, -0.1) is 0 Å². The van der Waals surface area contributed by atoms with Gasteiger partial charge in [0.2, 0.25) is 0 Å². The number of nitrogens with zero attached hydrogens (tertiary/aromatic N) is 3. The minimum absolute atomic E-state index is 0.151. The third-order valence-corrected chi connectivity index (χ3v) is 4.08. The van der Waals surface area contributed by atoms with Crippen LogP contribution >= 0.6 is 0 Å². The van der Waals surface area contributed by atoms with Crippen molar-refractivity contribution in [1.82, 2.24) is 9.78 Å². The van der Waals surface area contributed by atoms with Crippen LogP contribution in [0.15, 0.2) is 54.7 Å². The molecular weight excluding hydrogens is 364 g/mol. The molecule has 1 amide bonds. The van der Waals surface area contributed by atoms with Crippen molar-refractivity contribution in [3.63, 3.8) is 0 Å². The number of rotatable bonds is 7. The summed E-state index contributed by atoms with van der Waals surface area (Å²) in [6.45, 7) is 0.331. The van der Waals surface area contributed by atoms with E-state index in [0.29, 0.717) is 23.9 Å². The Hall–Kier alpha value is -3.88. The Kier molecular flexibility index (Phi) is 5.54. The van der Waals surface area contributed by atoms with Gasteiger partial charge in [-0.3, -0.25) is 14.9 Å². The zero-order chi connectivity index (χ0) is 20.1. The van der Waals surface area contributed by atoms with E-state index in [2.05, 4.69) is 10.4 Å². The summed E-state index contributed by atoms with van der Waals surface area (Å²) in [6, 6.07) is 12.7. The predicted octanol–water partition coefficient (Wildman–Crippen LogP) is 3.11. The number of hydrogen-bond donors (Lipinski definition) is 1. The van der Waals surface area contributed by atoms with Gasteiger partial charge in [0.1, 0.15) is 5.82 Å². The molecule has 9 heteroatoms. The number of amides is 1. The molecule has 9 nitrogen and oxygen atoms in total. The average Bonchev–Trinajstić information content (AvgIpc) is 3.14. The monoisotopic (exact) mass is 382 g/mol. The molecule has 3 aromatic rings. The molecule has 0 bridgehead atoms. The standard InChI is InChI=1S/C19H18N4O5/c1-27-16-8-4-6-14(18(16)28-2)12-22-17(9-10-20-22)21-19(24)13-5-3-7-15(11-13)23(25)26/h3-11H,12H2,1-2H3,(H,21,24). The molecule has 28 heavy (non-hydrogen) atoms. The van der Waals surface area contributed by atoms with Gasteiger partial charge in [0.05, 0.1) is 31.9 Å². The van der Waals surface area contributed by atoms with Crippen LogP contribution in [0.25, 0.3) is 0 Å². The molecule has 0 saturated carbocycles. The van der Waals surface area contributed by atoms with Crippen LogP contribution in [0.2, 0.25) is 0 Å². The summed E-state index contributed by atoms with van der Waals surface area (Å²) in [5.74, 6) is 1.15. The van der Waals surface area contributed by atoms with Gasteiger partial charge in [0, 0.05) is 29.3 Å². The number of para-hydroxylation sites is 1. The number of aromatic nitrogens is 2. The fraction of sp³-hybridized carbons (Fsp3) is 0.158. The number of carbonyl (C=O) groups is 1. The van der Waals surface area contributed by atoms with Crippen molar-refractivity contribution >= 4 is 17.4 Å². The topological polar surface area (TPSA) is 109 Å². The van der Waals surface area contributed by atoms with Crippen molar-refractivity contribution in [2.45, 2.75) is 6.54 Å². The van der Waals surface area contributed by atoms with Crippen LogP contribution in [0.3, 0.4) is 0 Å². The average molecular weight is 382 g/mol. The number of hydrogen-bond acceptors (Lipinski definition) is 6. The van der Waals surface area contributed by atoms with E-state index >= 15 is 0 Å². The van der Waals surface area contributed by atoms with Gasteiger partial charge in [-0.05, 0) is 12.1 Å². The molecular formula is C19H18N4O5. The van der Waals surface area contributed by atoms with Crippen LogP contribution in [0.4, 0.5) is 11.5 Å². The first-order valence-corrected chi connectivity index (χ1v) is 8.31. The molecule has 0 radical (unpaired) electrons. The number of anilines is 1. The fourth-order valence-corrected chi connectivity index (χ4v) is 2.75. The van der Waals surface area contributed by atoms with Crippen molar-refractivity contribution in [3.8, 4) is 11.5 Å². The van der Waals surface area contributed by atoms with Crippen molar-refractivity contribution in [2.75, 3.05) is 19.5 Å². The van der Waals surface area contributed by atoms with E-state index in [9.17, 15) is 14.9 Å². The maximum Gasteiger partial charge on any atom is 0.270 e. The second-order valence-electron chi connectivity index (χ2n) is 5.79. The lowest BCUT2D eigenvalue weighted by atomic mass is 10.2. The quantitative estimate of drug-likeness (QED) is 0.497. The highest BCUT2D eigenvalue weighted by Crippen LogP contribution is 2.31. The summed E-state index contributed by atoms with van der Waals surface area (Å²) in [5, 5.41) is 17.9. The first kappa shape index (κ1) is 18.9. The smallest absolute Gasteiger partial charge is 0.270 e. The molecule has 0 saturated heterocycles. The van der Waals surface area contributed by atoms with E-state index in [1.165, 1.54) is 24.3 Å². The first-order chi connectivity index (χ1) is 13.5. The number of nitro benzene ring substituents is 1. The fourth-order valence-electron chi connectivity index (χ4n) is 2.75. The van der Waals surface area contributed by atoms with Gasteiger partial charge in [0.25, 0.3) is 11.6 Å². The highest BCUT2D eigenvalue weighted by atomic mass is 16.6. The highest BCUT2D eigenvalue weighted by Gasteiger charge is 2.15. The molecule has 2 aromatic carbocycles.